The summed E-state index contributed by atoms with van der Waals surface area (Å²) >= 11 is 0. The highest BCUT2D eigenvalue weighted by atomic mass is 14.9. The van der Waals surface area contributed by atoms with Crippen LogP contribution >= 0.6 is 0 Å². The molecule has 2 unspecified atom stereocenters. The first-order chi connectivity index (χ1) is 12.9. The molecule has 146 valence electrons. The molecule has 0 aliphatic carbocycles. The molecule has 0 saturated heterocycles. The van der Waals surface area contributed by atoms with Crippen LogP contribution in [-0.4, -0.2) is 19.3 Å². The van der Waals surface area contributed by atoms with E-state index in [0.29, 0.717) is 28.8 Å². The van der Waals surface area contributed by atoms with E-state index in [0.717, 1.165) is 19.3 Å². The Morgan fingerprint density at radius 3 is 2.19 bits per heavy atom. The Morgan fingerprint density at radius 1 is 1.19 bits per heavy atom. The summed E-state index contributed by atoms with van der Waals surface area (Å²) < 4.78 is 0. The smallest absolute Gasteiger partial charge is 0.104 e. The van der Waals surface area contributed by atoms with Gasteiger partial charge in [0.15, 0.2) is 0 Å². The summed E-state index contributed by atoms with van der Waals surface area (Å²) in [6.07, 6.45) is 4.14. The quantitative estimate of drug-likeness (QED) is 0.285. The molecular weight excluding hydrogens is 332 g/mol. The van der Waals surface area contributed by atoms with Gasteiger partial charge in [0.1, 0.15) is 6.07 Å². The molecule has 1 rings (SSSR count). The SMILES string of the molecule is C=C(NC)/C(C#N)=C(\C=N)NC(CC)CC(CC)c1ccc(C(C)C)cc1. The number of hydrogen-bond donors (Lipinski definition) is 3. The van der Waals surface area contributed by atoms with E-state index in [9.17, 15) is 5.26 Å². The maximum absolute atomic E-state index is 9.44. The minimum Gasteiger partial charge on any atom is -0.387 e. The third kappa shape index (κ3) is 6.29. The van der Waals surface area contributed by atoms with E-state index in [2.05, 4.69) is 75.2 Å². The van der Waals surface area contributed by atoms with Gasteiger partial charge in [-0.05, 0) is 42.2 Å². The van der Waals surface area contributed by atoms with Crippen molar-refractivity contribution in [3.05, 3.63) is 58.9 Å². The van der Waals surface area contributed by atoms with Gasteiger partial charge in [0.05, 0.1) is 11.3 Å². The summed E-state index contributed by atoms with van der Waals surface area (Å²) in [5, 5.41) is 23.5. The van der Waals surface area contributed by atoms with Crippen molar-refractivity contribution in [1.82, 2.24) is 10.6 Å². The van der Waals surface area contributed by atoms with E-state index in [1.165, 1.54) is 17.3 Å². The van der Waals surface area contributed by atoms with Crippen molar-refractivity contribution in [3.63, 3.8) is 0 Å². The first-order valence-corrected chi connectivity index (χ1v) is 9.79. The van der Waals surface area contributed by atoms with Crippen LogP contribution in [0.1, 0.15) is 69.9 Å². The topological polar surface area (TPSA) is 71.7 Å². The molecule has 0 amide bonds. The fourth-order valence-electron chi connectivity index (χ4n) is 3.18. The summed E-state index contributed by atoms with van der Waals surface area (Å²) in [6, 6.07) is 11.3. The minimum atomic E-state index is 0.185. The molecule has 0 aromatic heterocycles. The molecule has 0 aliphatic rings. The average molecular weight is 367 g/mol. The molecule has 3 N–H and O–H groups in total. The lowest BCUT2D eigenvalue weighted by molar-refractivity contribution is 0.457. The lowest BCUT2D eigenvalue weighted by Crippen LogP contribution is -2.31. The molecule has 0 heterocycles. The molecule has 4 nitrogen and oxygen atoms in total. The molecule has 0 bridgehead atoms. The molecule has 0 spiro atoms. The normalized spacial score (nSPS) is 14.0. The average Bonchev–Trinajstić information content (AvgIpc) is 2.69. The summed E-state index contributed by atoms with van der Waals surface area (Å²) in [5.74, 6) is 0.975. The van der Waals surface area contributed by atoms with Gasteiger partial charge in [0.2, 0.25) is 0 Å². The predicted molar refractivity (Wildman–Crippen MR) is 115 cm³/mol. The Morgan fingerprint density at radius 2 is 1.78 bits per heavy atom. The van der Waals surface area contributed by atoms with Gasteiger partial charge in [-0.2, -0.15) is 5.26 Å². The van der Waals surface area contributed by atoms with Gasteiger partial charge in [-0.3, -0.25) is 0 Å². The van der Waals surface area contributed by atoms with Crippen LogP contribution in [0.5, 0.6) is 0 Å². The summed E-state index contributed by atoms with van der Waals surface area (Å²) in [4.78, 5) is 0. The van der Waals surface area contributed by atoms with Crippen LogP contribution < -0.4 is 10.6 Å². The van der Waals surface area contributed by atoms with Gasteiger partial charge >= 0.3 is 0 Å². The van der Waals surface area contributed by atoms with E-state index in [1.54, 1.807) is 7.05 Å². The van der Waals surface area contributed by atoms with Crippen LogP contribution in [0, 0.1) is 16.7 Å². The van der Waals surface area contributed by atoms with Crippen molar-refractivity contribution in [2.24, 2.45) is 0 Å². The Hall–Kier alpha value is -2.54. The van der Waals surface area contributed by atoms with E-state index >= 15 is 0 Å². The Kier molecular flexibility index (Phi) is 9.36. The van der Waals surface area contributed by atoms with Gasteiger partial charge in [-0.25, -0.2) is 0 Å². The summed E-state index contributed by atoms with van der Waals surface area (Å²) in [6.45, 7) is 12.6. The summed E-state index contributed by atoms with van der Waals surface area (Å²) in [7, 11) is 1.73. The molecule has 0 aliphatic heterocycles. The van der Waals surface area contributed by atoms with Gasteiger partial charge in [-0.1, -0.05) is 58.5 Å². The van der Waals surface area contributed by atoms with Crippen LogP contribution in [0.25, 0.3) is 0 Å². The minimum absolute atomic E-state index is 0.185. The van der Waals surface area contributed by atoms with Crippen molar-refractivity contribution < 1.29 is 0 Å². The molecule has 27 heavy (non-hydrogen) atoms. The number of nitrogens with one attached hydrogen (secondary N) is 3. The Labute approximate surface area is 164 Å². The zero-order valence-corrected chi connectivity index (χ0v) is 17.4. The lowest BCUT2D eigenvalue weighted by Gasteiger charge is -2.25. The molecule has 2 atom stereocenters. The first-order valence-electron chi connectivity index (χ1n) is 9.79. The van der Waals surface area contributed by atoms with E-state index in [-0.39, 0.29) is 6.04 Å². The van der Waals surface area contributed by atoms with E-state index in [1.807, 2.05) is 0 Å². The largest absolute Gasteiger partial charge is 0.387 e. The second-order valence-corrected chi connectivity index (χ2v) is 7.19. The lowest BCUT2D eigenvalue weighted by atomic mass is 9.87. The maximum atomic E-state index is 9.44. The maximum Gasteiger partial charge on any atom is 0.104 e. The van der Waals surface area contributed by atoms with Gasteiger partial charge in [-0.15, -0.1) is 0 Å². The highest BCUT2D eigenvalue weighted by molar-refractivity contribution is 5.79. The number of nitrogens with zero attached hydrogens (tertiary/aromatic N) is 1. The highest BCUT2D eigenvalue weighted by Gasteiger charge is 2.18. The monoisotopic (exact) mass is 366 g/mol. The standard InChI is InChI=1S/C23H34N4/c1-7-18(20-11-9-19(10-12-20)16(3)4)13-21(8-2)27-23(15-25)22(14-24)17(5)26-6/h9-12,15-16,18,21,25-27H,5,7-8,13H2,1-4,6H3/b23-22+,25-15?. The molecule has 1 aromatic carbocycles. The second-order valence-electron chi connectivity index (χ2n) is 7.19. The molecule has 0 saturated carbocycles. The molecule has 0 radical (unpaired) electrons. The first kappa shape index (κ1) is 22.5. The van der Waals surface area contributed by atoms with Crippen molar-refractivity contribution in [1.29, 1.82) is 10.7 Å². The zero-order valence-electron chi connectivity index (χ0n) is 17.4. The molecule has 4 heteroatoms. The summed E-state index contributed by atoms with van der Waals surface area (Å²) in [5.41, 5.74) is 4.14. The van der Waals surface area contributed by atoms with E-state index < -0.39 is 0 Å². The molecular formula is C23H34N4. The van der Waals surface area contributed by atoms with Crippen molar-refractivity contribution >= 4 is 6.21 Å². The van der Waals surface area contributed by atoms with E-state index in [4.69, 9.17) is 5.41 Å². The third-order valence-corrected chi connectivity index (χ3v) is 5.12. The second kappa shape index (κ2) is 11.2. The van der Waals surface area contributed by atoms with Crippen molar-refractivity contribution in [2.45, 2.75) is 64.8 Å². The zero-order chi connectivity index (χ0) is 20.4. The number of nitriles is 1. The Balaban J connectivity index is 3.00. The van der Waals surface area contributed by atoms with Crippen molar-refractivity contribution in [2.75, 3.05) is 7.05 Å². The van der Waals surface area contributed by atoms with Gasteiger partial charge in [0.25, 0.3) is 0 Å². The number of hydrogen-bond acceptors (Lipinski definition) is 4. The number of allylic oxidation sites excluding steroid dienone is 2. The van der Waals surface area contributed by atoms with Gasteiger partial charge in [0, 0.05) is 25.0 Å². The fourth-order valence-corrected chi connectivity index (χ4v) is 3.18. The number of likely N-dealkylation sites (N-methyl/N-ethyl adjacent to an activating group) is 1. The van der Waals surface area contributed by atoms with Crippen LogP contribution in [0.4, 0.5) is 0 Å². The molecule has 1 aromatic rings. The fraction of sp³-hybridized carbons (Fsp3) is 0.478. The third-order valence-electron chi connectivity index (χ3n) is 5.12. The van der Waals surface area contributed by atoms with Crippen LogP contribution in [-0.2, 0) is 0 Å². The van der Waals surface area contributed by atoms with Crippen molar-refractivity contribution in [3.8, 4) is 6.07 Å². The van der Waals surface area contributed by atoms with Crippen LogP contribution in [0.15, 0.2) is 47.8 Å². The highest BCUT2D eigenvalue weighted by Crippen LogP contribution is 2.27. The Bertz CT molecular complexity index is 692. The number of benzene rings is 1. The van der Waals surface area contributed by atoms with Crippen LogP contribution in [0.3, 0.4) is 0 Å². The molecule has 0 fully saturated rings. The van der Waals surface area contributed by atoms with Crippen LogP contribution in [0.2, 0.25) is 0 Å². The van der Waals surface area contributed by atoms with Gasteiger partial charge < -0.3 is 16.0 Å². The number of rotatable bonds is 11. The predicted octanol–water partition coefficient (Wildman–Crippen LogP) is 5.22.